The first-order valence-corrected chi connectivity index (χ1v) is 7.99. The maximum absolute atomic E-state index is 11.6. The van der Waals surface area contributed by atoms with Crippen molar-refractivity contribution in [2.45, 2.75) is 13.5 Å². The second-order valence-electron chi connectivity index (χ2n) is 5.34. The maximum Gasteiger partial charge on any atom is 0.259 e. The fourth-order valence-electron chi connectivity index (χ4n) is 1.79. The van der Waals surface area contributed by atoms with Gasteiger partial charge in [-0.05, 0) is 24.6 Å². The molecule has 0 atom stereocenters. The number of amides is 1. The smallest absolute Gasteiger partial charge is 0.259 e. The van der Waals surface area contributed by atoms with Crippen LogP contribution >= 0.6 is 24.0 Å². The molecule has 0 heterocycles. The molecule has 142 valence electrons. The minimum absolute atomic E-state index is 0. The van der Waals surface area contributed by atoms with Gasteiger partial charge in [0.15, 0.2) is 12.6 Å². The third-order valence-electron chi connectivity index (χ3n) is 3.12. The van der Waals surface area contributed by atoms with Crippen LogP contribution in [0.4, 0.5) is 0 Å². The molecule has 0 saturated heterocycles. The zero-order chi connectivity index (χ0) is 17.8. The first kappa shape index (κ1) is 23.4. The van der Waals surface area contributed by atoms with Gasteiger partial charge in [-0.15, -0.1) is 24.0 Å². The number of aliphatic imine (C=N–C) groups is 1. The first-order chi connectivity index (χ1) is 11.6. The van der Waals surface area contributed by atoms with E-state index in [-0.39, 0.29) is 36.5 Å². The average molecular weight is 464 g/mol. The summed E-state index contributed by atoms with van der Waals surface area (Å²) in [5.74, 6) is 1.33. The van der Waals surface area contributed by atoms with Gasteiger partial charge in [0.2, 0.25) is 0 Å². The number of nitrogens with one attached hydrogen (secondary N) is 2. The number of benzene rings is 1. The summed E-state index contributed by atoms with van der Waals surface area (Å²) in [6.45, 7) is 4.66. The van der Waals surface area contributed by atoms with Crippen molar-refractivity contribution >= 4 is 35.8 Å². The summed E-state index contributed by atoms with van der Waals surface area (Å²) >= 11 is 0. The Hall–Kier alpha value is -1.55. The normalized spacial score (nSPS) is 10.6. The second-order valence-corrected chi connectivity index (χ2v) is 5.34. The van der Waals surface area contributed by atoms with Crippen molar-refractivity contribution < 1.29 is 14.3 Å². The highest BCUT2D eigenvalue weighted by molar-refractivity contribution is 14.0. The highest BCUT2D eigenvalue weighted by Gasteiger charge is 2.05. The molecule has 0 spiro atoms. The number of ether oxygens (including phenoxy) is 2. The summed E-state index contributed by atoms with van der Waals surface area (Å²) in [5.41, 5.74) is 1.01. The number of carbonyl (C=O) groups is 1. The molecule has 1 amide bonds. The van der Waals surface area contributed by atoms with E-state index in [4.69, 9.17) is 9.47 Å². The first-order valence-electron chi connectivity index (χ1n) is 7.99. The monoisotopic (exact) mass is 464 g/mol. The topological polar surface area (TPSA) is 75.2 Å². The summed E-state index contributed by atoms with van der Waals surface area (Å²) in [6.07, 6.45) is 0. The Kier molecular flexibility index (Phi) is 12.9. The number of halogens is 1. The highest BCUT2D eigenvalue weighted by atomic mass is 127. The number of hydrogen-bond donors (Lipinski definition) is 2. The lowest BCUT2D eigenvalue weighted by Gasteiger charge is -2.12. The van der Waals surface area contributed by atoms with Crippen LogP contribution < -0.4 is 15.4 Å². The van der Waals surface area contributed by atoms with Gasteiger partial charge in [0, 0.05) is 34.3 Å². The Labute approximate surface area is 167 Å². The Morgan fingerprint density at radius 3 is 2.68 bits per heavy atom. The van der Waals surface area contributed by atoms with Crippen molar-refractivity contribution in [2.75, 3.05) is 47.5 Å². The molecule has 0 aliphatic rings. The van der Waals surface area contributed by atoms with E-state index in [9.17, 15) is 4.79 Å². The van der Waals surface area contributed by atoms with E-state index in [1.165, 1.54) is 4.90 Å². The van der Waals surface area contributed by atoms with E-state index in [1.807, 2.05) is 31.2 Å². The van der Waals surface area contributed by atoms with Crippen molar-refractivity contribution in [1.82, 2.24) is 15.5 Å². The maximum atomic E-state index is 11.6. The lowest BCUT2D eigenvalue weighted by molar-refractivity contribution is -0.130. The van der Waals surface area contributed by atoms with E-state index < -0.39 is 0 Å². The average Bonchev–Trinajstić information content (AvgIpc) is 2.58. The van der Waals surface area contributed by atoms with Gasteiger partial charge >= 0.3 is 0 Å². The standard InChI is InChI=1S/C17H28N4O3.HI/c1-5-18-17(19-9-10-23-4)20-12-14-7-6-8-15(11-14)24-13-16(22)21(2)3;/h6-8,11H,5,9-10,12-13H2,1-4H3,(H2,18,19,20);1H. The van der Waals surface area contributed by atoms with Crippen LogP contribution in [-0.4, -0.2) is 64.3 Å². The molecule has 1 aromatic rings. The van der Waals surface area contributed by atoms with Crippen molar-refractivity contribution in [3.63, 3.8) is 0 Å². The molecule has 0 radical (unpaired) electrons. The van der Waals surface area contributed by atoms with Gasteiger partial charge in [-0.2, -0.15) is 0 Å². The third-order valence-corrected chi connectivity index (χ3v) is 3.12. The molecule has 0 aliphatic heterocycles. The molecule has 7 nitrogen and oxygen atoms in total. The molecule has 0 fully saturated rings. The summed E-state index contributed by atoms with van der Waals surface area (Å²) in [4.78, 5) is 17.6. The van der Waals surface area contributed by atoms with Crippen LogP contribution in [-0.2, 0) is 16.1 Å². The molecular formula is C17H29IN4O3. The van der Waals surface area contributed by atoms with E-state index in [2.05, 4.69) is 15.6 Å². The van der Waals surface area contributed by atoms with Crippen molar-refractivity contribution in [2.24, 2.45) is 4.99 Å². The largest absolute Gasteiger partial charge is 0.484 e. The van der Waals surface area contributed by atoms with Crippen molar-refractivity contribution in [3.8, 4) is 5.75 Å². The highest BCUT2D eigenvalue weighted by Crippen LogP contribution is 2.14. The van der Waals surface area contributed by atoms with Crippen LogP contribution in [0.5, 0.6) is 5.75 Å². The summed E-state index contributed by atoms with van der Waals surface area (Å²) in [5, 5.41) is 6.37. The van der Waals surface area contributed by atoms with Crippen LogP contribution in [0.2, 0.25) is 0 Å². The van der Waals surface area contributed by atoms with Gasteiger partial charge in [0.1, 0.15) is 5.75 Å². The second kappa shape index (κ2) is 13.7. The number of guanidine groups is 1. The molecule has 0 aliphatic carbocycles. The molecule has 0 aromatic heterocycles. The van der Waals surface area contributed by atoms with Crippen molar-refractivity contribution in [3.05, 3.63) is 29.8 Å². The van der Waals surface area contributed by atoms with E-state index in [0.29, 0.717) is 25.4 Å². The third kappa shape index (κ3) is 10.1. The predicted octanol–water partition coefficient (Wildman–Crippen LogP) is 1.47. The summed E-state index contributed by atoms with van der Waals surface area (Å²) in [6, 6.07) is 7.60. The van der Waals surface area contributed by atoms with Crippen molar-refractivity contribution in [1.29, 1.82) is 0 Å². The molecule has 1 aromatic carbocycles. The SMILES string of the molecule is CCNC(=NCc1cccc(OCC(=O)N(C)C)c1)NCCOC.I. The molecule has 25 heavy (non-hydrogen) atoms. The molecule has 2 N–H and O–H groups in total. The van der Waals surface area contributed by atoms with Gasteiger partial charge < -0.3 is 25.0 Å². The van der Waals surface area contributed by atoms with E-state index in [0.717, 1.165) is 18.1 Å². The van der Waals surface area contributed by atoms with E-state index >= 15 is 0 Å². The molecule has 0 bridgehead atoms. The summed E-state index contributed by atoms with van der Waals surface area (Å²) in [7, 11) is 5.07. The Bertz CT molecular complexity index is 538. The zero-order valence-corrected chi connectivity index (χ0v) is 17.7. The molecular weight excluding hydrogens is 435 g/mol. The van der Waals surface area contributed by atoms with Gasteiger partial charge in [0.05, 0.1) is 13.2 Å². The van der Waals surface area contributed by atoms with Gasteiger partial charge in [-0.1, -0.05) is 12.1 Å². The van der Waals surface area contributed by atoms with Gasteiger partial charge in [0.25, 0.3) is 5.91 Å². The van der Waals surface area contributed by atoms with Crippen LogP contribution in [0, 0.1) is 0 Å². The predicted molar refractivity (Wildman–Crippen MR) is 111 cm³/mol. The zero-order valence-electron chi connectivity index (χ0n) is 15.4. The Morgan fingerprint density at radius 1 is 1.28 bits per heavy atom. The number of methoxy groups -OCH3 is 1. The number of carbonyl (C=O) groups excluding carboxylic acids is 1. The lowest BCUT2D eigenvalue weighted by atomic mass is 10.2. The lowest BCUT2D eigenvalue weighted by Crippen LogP contribution is -2.38. The van der Waals surface area contributed by atoms with Crippen LogP contribution in [0.3, 0.4) is 0 Å². The molecule has 0 unspecified atom stereocenters. The fraction of sp³-hybridized carbons (Fsp3) is 0.529. The molecule has 8 heteroatoms. The van der Waals surface area contributed by atoms with Crippen LogP contribution in [0.1, 0.15) is 12.5 Å². The molecule has 1 rings (SSSR count). The minimum atomic E-state index is -0.0739. The quantitative estimate of drug-likeness (QED) is 0.251. The van der Waals surface area contributed by atoms with Crippen LogP contribution in [0.25, 0.3) is 0 Å². The number of rotatable bonds is 9. The van der Waals surface area contributed by atoms with Crippen LogP contribution in [0.15, 0.2) is 29.3 Å². The number of likely N-dealkylation sites (N-methyl/N-ethyl adjacent to an activating group) is 1. The van der Waals surface area contributed by atoms with Gasteiger partial charge in [-0.25, -0.2) is 4.99 Å². The Morgan fingerprint density at radius 2 is 2.04 bits per heavy atom. The fourth-order valence-corrected chi connectivity index (χ4v) is 1.79. The Balaban J connectivity index is 0.00000576. The number of nitrogens with zero attached hydrogens (tertiary/aromatic N) is 2. The number of hydrogen-bond acceptors (Lipinski definition) is 4. The van der Waals surface area contributed by atoms with Gasteiger partial charge in [-0.3, -0.25) is 4.79 Å². The van der Waals surface area contributed by atoms with E-state index in [1.54, 1.807) is 21.2 Å². The summed E-state index contributed by atoms with van der Waals surface area (Å²) < 4.78 is 10.5. The molecule has 0 saturated carbocycles. The minimum Gasteiger partial charge on any atom is -0.484 e.